The van der Waals surface area contributed by atoms with E-state index in [-0.39, 0.29) is 31.4 Å². The molecule has 0 aliphatic carbocycles. The molecule has 1 saturated heterocycles. The normalized spacial score (nSPS) is 20.6. The van der Waals surface area contributed by atoms with E-state index in [4.69, 9.17) is 14.6 Å². The molecule has 1 N–H and O–H groups in total. The number of nitrogens with zero attached hydrogens (tertiary/aromatic N) is 1. The summed E-state index contributed by atoms with van der Waals surface area (Å²) in [6.45, 7) is 5.44. The van der Waals surface area contributed by atoms with E-state index in [1.54, 1.807) is 20.8 Å². The number of amides is 1. The zero-order valence-electron chi connectivity index (χ0n) is 15.8. The van der Waals surface area contributed by atoms with Crippen molar-refractivity contribution in [3.8, 4) is 0 Å². The zero-order chi connectivity index (χ0) is 20.2. The predicted molar refractivity (Wildman–Crippen MR) is 92.7 cm³/mol. The molecule has 2 atom stereocenters. The Labute approximate surface area is 157 Å². The highest BCUT2D eigenvalue weighted by molar-refractivity contribution is 5.69. The van der Waals surface area contributed by atoms with Crippen molar-refractivity contribution < 1.29 is 32.5 Å². The third-order valence-corrected chi connectivity index (χ3v) is 4.26. The molecule has 1 amide bonds. The lowest BCUT2D eigenvalue weighted by molar-refractivity contribution is -0.0644. The number of morpholine rings is 1. The first-order valence-electron chi connectivity index (χ1n) is 8.98. The fourth-order valence-corrected chi connectivity index (χ4v) is 3.06. The van der Waals surface area contributed by atoms with E-state index in [1.807, 2.05) is 0 Å². The SMILES string of the molecule is CC(C)(C)OC(=O)N1[C@H](CCCCO)COC[C@H]1c1cc(F)c(F)c(F)c1. The Kier molecular flexibility index (Phi) is 7.11. The fraction of sp³-hybridized carbons (Fsp3) is 0.632. The third-order valence-electron chi connectivity index (χ3n) is 4.26. The van der Waals surface area contributed by atoms with E-state index in [2.05, 4.69) is 0 Å². The second kappa shape index (κ2) is 8.93. The number of ether oxygens (including phenoxy) is 2. The monoisotopic (exact) mass is 389 g/mol. The van der Waals surface area contributed by atoms with Crippen LogP contribution in [0.25, 0.3) is 0 Å². The van der Waals surface area contributed by atoms with E-state index in [0.29, 0.717) is 19.3 Å². The number of unbranched alkanes of at least 4 members (excludes halogenated alkanes) is 1. The molecule has 2 rings (SSSR count). The molecule has 0 unspecified atom stereocenters. The van der Waals surface area contributed by atoms with E-state index in [9.17, 15) is 18.0 Å². The van der Waals surface area contributed by atoms with Crippen LogP contribution >= 0.6 is 0 Å². The molecule has 0 aromatic heterocycles. The van der Waals surface area contributed by atoms with Gasteiger partial charge < -0.3 is 14.6 Å². The lowest BCUT2D eigenvalue weighted by Crippen LogP contribution is -2.52. The first kappa shape index (κ1) is 21.5. The molecule has 0 bridgehead atoms. The summed E-state index contributed by atoms with van der Waals surface area (Å²) in [5.41, 5.74) is -0.654. The summed E-state index contributed by atoms with van der Waals surface area (Å²) in [4.78, 5) is 14.2. The highest BCUT2D eigenvalue weighted by Gasteiger charge is 2.38. The average Bonchev–Trinajstić information content (AvgIpc) is 2.57. The molecule has 1 aromatic rings. The standard InChI is InChI=1S/C19H26F3NO4/c1-19(2,3)27-18(25)23-13(6-4-5-7-24)10-26-11-16(23)12-8-14(20)17(22)15(21)9-12/h8-9,13,16,24H,4-7,10-11H2,1-3H3/t13-,16+/m1/s1. The Morgan fingerprint density at radius 3 is 2.41 bits per heavy atom. The van der Waals surface area contributed by atoms with E-state index < -0.39 is 35.2 Å². The number of halogens is 3. The number of carbonyl (C=O) groups is 1. The van der Waals surface area contributed by atoms with Crippen LogP contribution in [0.5, 0.6) is 0 Å². The summed E-state index contributed by atoms with van der Waals surface area (Å²) in [7, 11) is 0. The number of hydrogen-bond donors (Lipinski definition) is 1. The van der Waals surface area contributed by atoms with Crippen molar-refractivity contribution in [2.45, 2.75) is 57.7 Å². The number of aliphatic hydroxyl groups excluding tert-OH is 1. The summed E-state index contributed by atoms with van der Waals surface area (Å²) in [5, 5.41) is 8.99. The minimum atomic E-state index is -1.56. The Morgan fingerprint density at radius 1 is 1.22 bits per heavy atom. The highest BCUT2D eigenvalue weighted by atomic mass is 19.2. The van der Waals surface area contributed by atoms with Gasteiger partial charge in [-0.3, -0.25) is 4.90 Å². The zero-order valence-corrected chi connectivity index (χ0v) is 15.8. The molecular formula is C19H26F3NO4. The molecule has 1 aliphatic rings. The molecule has 1 aliphatic heterocycles. The topological polar surface area (TPSA) is 59.0 Å². The van der Waals surface area contributed by atoms with Gasteiger partial charge in [0.25, 0.3) is 0 Å². The predicted octanol–water partition coefficient (Wildman–Crippen LogP) is 3.94. The molecule has 8 heteroatoms. The maximum Gasteiger partial charge on any atom is 0.411 e. The van der Waals surface area contributed by atoms with Crippen LogP contribution in [0, 0.1) is 17.5 Å². The van der Waals surface area contributed by atoms with Crippen molar-refractivity contribution in [2.75, 3.05) is 19.8 Å². The minimum absolute atomic E-state index is 0.0141. The molecule has 5 nitrogen and oxygen atoms in total. The number of carbonyl (C=O) groups excluding carboxylic acids is 1. The smallest absolute Gasteiger partial charge is 0.411 e. The van der Waals surface area contributed by atoms with Gasteiger partial charge in [-0.25, -0.2) is 18.0 Å². The first-order chi connectivity index (χ1) is 12.6. The Balaban J connectivity index is 2.35. The maximum absolute atomic E-state index is 13.7. The van der Waals surface area contributed by atoms with Gasteiger partial charge >= 0.3 is 6.09 Å². The molecule has 0 saturated carbocycles. The van der Waals surface area contributed by atoms with Crippen molar-refractivity contribution in [2.24, 2.45) is 0 Å². The maximum atomic E-state index is 13.7. The van der Waals surface area contributed by atoms with Gasteiger partial charge in [-0.15, -0.1) is 0 Å². The Morgan fingerprint density at radius 2 is 1.85 bits per heavy atom. The van der Waals surface area contributed by atoms with Gasteiger partial charge in [-0.05, 0) is 57.7 Å². The van der Waals surface area contributed by atoms with Crippen LogP contribution in [0.3, 0.4) is 0 Å². The molecule has 27 heavy (non-hydrogen) atoms. The quantitative estimate of drug-likeness (QED) is 0.612. The van der Waals surface area contributed by atoms with E-state index in [1.165, 1.54) is 4.90 Å². The fourth-order valence-electron chi connectivity index (χ4n) is 3.06. The Hall–Kier alpha value is -1.80. The molecular weight excluding hydrogens is 363 g/mol. The molecule has 0 radical (unpaired) electrons. The number of aliphatic hydroxyl groups is 1. The third kappa shape index (κ3) is 5.59. The summed E-state index contributed by atoms with van der Waals surface area (Å²) in [6.07, 6.45) is 1.10. The van der Waals surface area contributed by atoms with Crippen molar-refractivity contribution in [3.63, 3.8) is 0 Å². The number of benzene rings is 1. The highest BCUT2D eigenvalue weighted by Crippen LogP contribution is 2.32. The largest absolute Gasteiger partial charge is 0.444 e. The van der Waals surface area contributed by atoms with Crippen LogP contribution in [0.15, 0.2) is 12.1 Å². The minimum Gasteiger partial charge on any atom is -0.444 e. The van der Waals surface area contributed by atoms with Gasteiger partial charge in [0, 0.05) is 6.61 Å². The van der Waals surface area contributed by atoms with Crippen molar-refractivity contribution in [1.82, 2.24) is 4.90 Å². The van der Waals surface area contributed by atoms with Gasteiger partial charge in [0.2, 0.25) is 0 Å². The van der Waals surface area contributed by atoms with Crippen molar-refractivity contribution in [1.29, 1.82) is 0 Å². The molecule has 1 aromatic carbocycles. The Bertz CT molecular complexity index is 640. The second-order valence-electron chi connectivity index (χ2n) is 7.61. The van der Waals surface area contributed by atoms with Crippen LogP contribution in [-0.2, 0) is 9.47 Å². The van der Waals surface area contributed by atoms with Crippen LogP contribution in [0.2, 0.25) is 0 Å². The summed E-state index contributed by atoms with van der Waals surface area (Å²) in [5.74, 6) is -4.20. The summed E-state index contributed by atoms with van der Waals surface area (Å²) < 4.78 is 51.8. The molecule has 152 valence electrons. The average molecular weight is 389 g/mol. The van der Waals surface area contributed by atoms with E-state index >= 15 is 0 Å². The first-order valence-corrected chi connectivity index (χ1v) is 8.98. The molecule has 1 heterocycles. The van der Waals surface area contributed by atoms with Crippen LogP contribution in [-0.4, -0.2) is 47.6 Å². The van der Waals surface area contributed by atoms with Gasteiger partial charge in [0.1, 0.15) is 5.60 Å². The molecule has 1 fully saturated rings. The van der Waals surface area contributed by atoms with Crippen LogP contribution < -0.4 is 0 Å². The molecule has 0 spiro atoms. The van der Waals surface area contributed by atoms with Crippen molar-refractivity contribution in [3.05, 3.63) is 35.1 Å². The number of hydrogen-bond acceptors (Lipinski definition) is 4. The van der Waals surface area contributed by atoms with Gasteiger partial charge in [-0.2, -0.15) is 0 Å². The van der Waals surface area contributed by atoms with Gasteiger partial charge in [0.15, 0.2) is 17.5 Å². The summed E-state index contributed by atoms with van der Waals surface area (Å²) >= 11 is 0. The van der Waals surface area contributed by atoms with Gasteiger partial charge in [-0.1, -0.05) is 0 Å². The van der Waals surface area contributed by atoms with Crippen molar-refractivity contribution >= 4 is 6.09 Å². The van der Waals surface area contributed by atoms with E-state index in [0.717, 1.165) is 12.1 Å². The second-order valence-corrected chi connectivity index (χ2v) is 7.61. The number of rotatable bonds is 5. The van der Waals surface area contributed by atoms with Crippen LogP contribution in [0.1, 0.15) is 51.6 Å². The summed E-state index contributed by atoms with van der Waals surface area (Å²) in [6, 6.07) is 0.554. The van der Waals surface area contributed by atoms with Gasteiger partial charge in [0.05, 0.1) is 25.3 Å². The van der Waals surface area contributed by atoms with Crippen LogP contribution in [0.4, 0.5) is 18.0 Å². The lowest BCUT2D eigenvalue weighted by Gasteiger charge is -2.42. The lowest BCUT2D eigenvalue weighted by atomic mass is 9.99.